The zero-order valence-corrected chi connectivity index (χ0v) is 12.0. The summed E-state index contributed by atoms with van der Waals surface area (Å²) < 4.78 is 41.4. The van der Waals surface area contributed by atoms with Crippen LogP contribution >= 0.6 is 0 Å². The number of amides is 1. The maximum absolute atomic E-state index is 11.9. The molecule has 0 fully saturated rings. The summed E-state index contributed by atoms with van der Waals surface area (Å²) in [5, 5.41) is 4.54. The first-order chi connectivity index (χ1) is 9.80. The molecule has 0 aliphatic rings. The molecule has 1 aromatic carbocycles. The topological polar surface area (TPSA) is 50.4 Å². The van der Waals surface area contributed by atoms with E-state index in [2.05, 4.69) is 5.32 Å². The highest BCUT2D eigenvalue weighted by Gasteiger charge is 2.27. The number of halogens is 3. The van der Waals surface area contributed by atoms with Gasteiger partial charge in [0.25, 0.3) is 0 Å². The van der Waals surface area contributed by atoms with Gasteiger partial charge in [-0.25, -0.2) is 0 Å². The van der Waals surface area contributed by atoms with Gasteiger partial charge in [0.05, 0.1) is 12.6 Å². The van der Waals surface area contributed by atoms with Crippen molar-refractivity contribution in [2.75, 3.05) is 18.4 Å². The Morgan fingerprint density at radius 2 is 2.10 bits per heavy atom. The summed E-state index contributed by atoms with van der Waals surface area (Å²) in [6.07, 6.45) is -3.48. The van der Waals surface area contributed by atoms with Crippen LogP contribution in [0.5, 0.6) is 5.75 Å². The van der Waals surface area contributed by atoms with Gasteiger partial charge in [0.1, 0.15) is 12.3 Å². The van der Waals surface area contributed by atoms with E-state index in [0.29, 0.717) is 11.4 Å². The average Bonchev–Trinajstić information content (AvgIpc) is 2.42. The SMILES string of the molecule is CCC(C)Oc1cccc(NCC(=O)NCC(F)(F)F)c1. The number of alkyl halides is 3. The van der Waals surface area contributed by atoms with Gasteiger partial charge in [0.15, 0.2) is 0 Å². The van der Waals surface area contributed by atoms with Crippen LogP contribution in [0.4, 0.5) is 18.9 Å². The third-order valence-electron chi connectivity index (χ3n) is 2.69. The molecule has 1 atom stereocenters. The van der Waals surface area contributed by atoms with Crippen molar-refractivity contribution in [3.63, 3.8) is 0 Å². The zero-order chi connectivity index (χ0) is 15.9. The van der Waals surface area contributed by atoms with Crippen LogP contribution in [0.15, 0.2) is 24.3 Å². The Bertz CT molecular complexity index is 464. The van der Waals surface area contributed by atoms with Crippen molar-refractivity contribution < 1.29 is 22.7 Å². The number of benzene rings is 1. The maximum Gasteiger partial charge on any atom is 0.405 e. The molecule has 118 valence electrons. The van der Waals surface area contributed by atoms with E-state index in [9.17, 15) is 18.0 Å². The number of carbonyl (C=O) groups excluding carboxylic acids is 1. The van der Waals surface area contributed by atoms with Gasteiger partial charge in [-0.3, -0.25) is 4.79 Å². The van der Waals surface area contributed by atoms with Crippen LogP contribution in [0.3, 0.4) is 0 Å². The molecule has 0 aliphatic heterocycles. The third-order valence-corrected chi connectivity index (χ3v) is 2.69. The molecule has 0 aliphatic carbocycles. The van der Waals surface area contributed by atoms with E-state index >= 15 is 0 Å². The molecule has 1 aromatic rings. The number of hydrogen-bond donors (Lipinski definition) is 2. The molecule has 1 unspecified atom stereocenters. The van der Waals surface area contributed by atoms with Crippen molar-refractivity contribution in [3.05, 3.63) is 24.3 Å². The first-order valence-electron chi connectivity index (χ1n) is 6.64. The van der Waals surface area contributed by atoms with E-state index in [1.807, 2.05) is 13.8 Å². The largest absolute Gasteiger partial charge is 0.491 e. The molecule has 0 saturated heterocycles. The van der Waals surface area contributed by atoms with Crippen LogP contribution in [-0.2, 0) is 4.79 Å². The number of nitrogens with one attached hydrogen (secondary N) is 2. The first-order valence-corrected chi connectivity index (χ1v) is 6.64. The lowest BCUT2D eigenvalue weighted by molar-refractivity contribution is -0.137. The van der Waals surface area contributed by atoms with Crippen LogP contribution in [0.2, 0.25) is 0 Å². The molecule has 4 nitrogen and oxygen atoms in total. The van der Waals surface area contributed by atoms with Crippen molar-refractivity contribution >= 4 is 11.6 Å². The fraction of sp³-hybridized carbons (Fsp3) is 0.500. The van der Waals surface area contributed by atoms with Gasteiger partial charge in [-0.2, -0.15) is 13.2 Å². The molecule has 21 heavy (non-hydrogen) atoms. The highest BCUT2D eigenvalue weighted by atomic mass is 19.4. The summed E-state index contributed by atoms with van der Waals surface area (Å²) in [6.45, 7) is 2.37. The average molecular weight is 304 g/mol. The van der Waals surface area contributed by atoms with Crippen molar-refractivity contribution in [1.29, 1.82) is 0 Å². The molecule has 0 bridgehead atoms. The van der Waals surface area contributed by atoms with Crippen molar-refractivity contribution in [3.8, 4) is 5.75 Å². The predicted molar refractivity (Wildman–Crippen MR) is 74.4 cm³/mol. The Morgan fingerprint density at radius 3 is 2.71 bits per heavy atom. The highest BCUT2D eigenvalue weighted by molar-refractivity contribution is 5.80. The molecule has 0 spiro atoms. The monoisotopic (exact) mass is 304 g/mol. The highest BCUT2D eigenvalue weighted by Crippen LogP contribution is 2.19. The second-order valence-corrected chi connectivity index (χ2v) is 4.61. The van der Waals surface area contributed by atoms with Crippen molar-refractivity contribution in [2.24, 2.45) is 0 Å². The lowest BCUT2D eigenvalue weighted by Gasteiger charge is -2.14. The molecule has 7 heteroatoms. The quantitative estimate of drug-likeness (QED) is 0.814. The Morgan fingerprint density at radius 1 is 1.38 bits per heavy atom. The van der Waals surface area contributed by atoms with Gasteiger partial charge in [-0.15, -0.1) is 0 Å². The van der Waals surface area contributed by atoms with Gasteiger partial charge in [-0.05, 0) is 25.5 Å². The molecular formula is C14H19F3N2O2. The Hall–Kier alpha value is -1.92. The third kappa shape index (κ3) is 7.43. The number of carbonyl (C=O) groups is 1. The first kappa shape index (κ1) is 17.1. The van der Waals surface area contributed by atoms with Gasteiger partial charge < -0.3 is 15.4 Å². The summed E-state index contributed by atoms with van der Waals surface area (Å²) in [5.41, 5.74) is 0.609. The number of hydrogen-bond acceptors (Lipinski definition) is 3. The van der Waals surface area contributed by atoms with Gasteiger partial charge in [0, 0.05) is 11.8 Å². The summed E-state index contributed by atoms with van der Waals surface area (Å²) in [7, 11) is 0. The van der Waals surface area contributed by atoms with E-state index in [0.717, 1.165) is 6.42 Å². The minimum atomic E-state index is -4.40. The minimum absolute atomic E-state index is 0.0651. The molecular weight excluding hydrogens is 285 g/mol. The van der Waals surface area contributed by atoms with Crippen molar-refractivity contribution in [2.45, 2.75) is 32.5 Å². The van der Waals surface area contributed by atoms with E-state index < -0.39 is 18.6 Å². The molecule has 0 saturated carbocycles. The number of ether oxygens (including phenoxy) is 1. The van der Waals surface area contributed by atoms with E-state index in [-0.39, 0.29) is 12.6 Å². The van der Waals surface area contributed by atoms with Gasteiger partial charge in [-0.1, -0.05) is 13.0 Å². The van der Waals surface area contributed by atoms with Crippen LogP contribution in [0.25, 0.3) is 0 Å². The van der Waals surface area contributed by atoms with Crippen molar-refractivity contribution in [1.82, 2.24) is 5.32 Å². The molecule has 0 radical (unpaired) electrons. The Kier molecular flexibility index (Phi) is 6.33. The minimum Gasteiger partial charge on any atom is -0.491 e. The predicted octanol–water partition coefficient (Wildman–Crippen LogP) is 2.95. The number of anilines is 1. The summed E-state index contributed by atoms with van der Waals surface area (Å²) in [5.74, 6) is -0.0781. The lowest BCUT2D eigenvalue weighted by atomic mass is 10.2. The standard InChI is InChI=1S/C14H19F3N2O2/c1-3-10(2)21-12-6-4-5-11(7-12)18-8-13(20)19-9-14(15,16)17/h4-7,10,18H,3,8-9H2,1-2H3,(H,19,20). The smallest absolute Gasteiger partial charge is 0.405 e. The van der Waals surface area contributed by atoms with E-state index in [1.54, 1.807) is 29.6 Å². The van der Waals surface area contributed by atoms with E-state index in [1.165, 1.54) is 0 Å². The number of rotatable bonds is 7. The van der Waals surface area contributed by atoms with Gasteiger partial charge >= 0.3 is 6.18 Å². The van der Waals surface area contributed by atoms with Crippen LogP contribution < -0.4 is 15.4 Å². The summed E-state index contributed by atoms with van der Waals surface area (Å²) >= 11 is 0. The maximum atomic E-state index is 11.9. The van der Waals surface area contributed by atoms with Gasteiger partial charge in [0.2, 0.25) is 5.91 Å². The fourth-order valence-corrected chi connectivity index (χ4v) is 1.44. The molecule has 0 heterocycles. The summed E-state index contributed by atoms with van der Waals surface area (Å²) in [6, 6.07) is 6.93. The lowest BCUT2D eigenvalue weighted by Crippen LogP contribution is -2.37. The van der Waals surface area contributed by atoms with E-state index in [4.69, 9.17) is 4.74 Å². The summed E-state index contributed by atoms with van der Waals surface area (Å²) in [4.78, 5) is 11.3. The normalized spacial score (nSPS) is 12.6. The van der Waals surface area contributed by atoms with Crippen LogP contribution in [-0.4, -0.2) is 31.3 Å². The molecule has 0 aromatic heterocycles. The fourth-order valence-electron chi connectivity index (χ4n) is 1.44. The Labute approximate surface area is 121 Å². The molecule has 1 rings (SSSR count). The van der Waals surface area contributed by atoms with Crippen LogP contribution in [0, 0.1) is 0 Å². The second kappa shape index (κ2) is 7.75. The Balaban J connectivity index is 2.44. The zero-order valence-electron chi connectivity index (χ0n) is 12.0. The molecule has 2 N–H and O–H groups in total. The van der Waals surface area contributed by atoms with Crippen LogP contribution in [0.1, 0.15) is 20.3 Å². The molecule has 1 amide bonds. The second-order valence-electron chi connectivity index (χ2n) is 4.61.